The number of carbonyl (C=O) groups excluding carboxylic acids is 3. The molecule has 3 amide bonds. The molecule has 0 saturated heterocycles. The van der Waals surface area contributed by atoms with Crippen LogP contribution in [0.25, 0.3) is 11.1 Å². The van der Waals surface area contributed by atoms with Crippen molar-refractivity contribution in [2.45, 2.75) is 44.1 Å². The lowest BCUT2D eigenvalue weighted by Gasteiger charge is -2.28. The highest BCUT2D eigenvalue weighted by molar-refractivity contribution is 6.31. The number of nitrogens with one attached hydrogen (secondary N) is 2. The van der Waals surface area contributed by atoms with Crippen LogP contribution in [-0.2, 0) is 14.3 Å². The van der Waals surface area contributed by atoms with Gasteiger partial charge in [-0.05, 0) is 67.6 Å². The smallest absolute Gasteiger partial charge is 0.412 e. The summed E-state index contributed by atoms with van der Waals surface area (Å²) in [6.07, 6.45) is 5.91. The molecular formula is C31H31ClFN5O4. The summed E-state index contributed by atoms with van der Waals surface area (Å²) in [5.41, 5.74) is 9.81. The van der Waals surface area contributed by atoms with Crippen molar-refractivity contribution in [3.05, 3.63) is 82.9 Å². The lowest BCUT2D eigenvalue weighted by Crippen LogP contribution is -2.33. The molecule has 3 aromatic rings. The first-order valence-electron chi connectivity index (χ1n) is 13.7. The van der Waals surface area contributed by atoms with Crippen LogP contribution in [0.15, 0.2) is 60.8 Å². The van der Waals surface area contributed by atoms with E-state index in [1.54, 1.807) is 36.3 Å². The summed E-state index contributed by atoms with van der Waals surface area (Å²) in [4.78, 5) is 44.5. The van der Waals surface area contributed by atoms with Crippen LogP contribution >= 0.6 is 11.6 Å². The minimum atomic E-state index is -0.826. The van der Waals surface area contributed by atoms with Gasteiger partial charge in [-0.3, -0.25) is 19.9 Å². The van der Waals surface area contributed by atoms with E-state index in [1.807, 2.05) is 30.4 Å². The standard InChI is InChI=1S/C31H31ClFN5O4/c1-38(15-5-7-26-28-23(37-31(41)42-26)12-11-22(32)29(28)33)30(40)21-6-3-2-4-8-27(39)36-25-17-19(34)9-10-20(25)18-13-14-35-24(21)16-18/h2-3,9-14,16-17,21,26H,4-8,15,34H2,1H3,(H,36,39)(H,37,41)/b3-2-. The molecule has 0 aliphatic carbocycles. The number of fused-ring (bicyclic) bond motifs is 5. The molecule has 11 heteroatoms. The van der Waals surface area contributed by atoms with Gasteiger partial charge in [0.15, 0.2) is 5.82 Å². The lowest BCUT2D eigenvalue weighted by atomic mass is 9.95. The number of anilines is 3. The van der Waals surface area contributed by atoms with Gasteiger partial charge in [0.25, 0.3) is 0 Å². The monoisotopic (exact) mass is 591 g/mol. The van der Waals surface area contributed by atoms with Gasteiger partial charge in [0.05, 0.1) is 33.6 Å². The molecule has 5 rings (SSSR count). The number of benzene rings is 2. The normalized spacial score (nSPS) is 18.9. The number of rotatable bonds is 5. The number of amides is 3. The van der Waals surface area contributed by atoms with Crippen LogP contribution in [0.4, 0.5) is 26.2 Å². The highest BCUT2D eigenvalue weighted by atomic mass is 35.5. The zero-order valence-corrected chi connectivity index (χ0v) is 23.8. The number of ether oxygens (including phenoxy) is 1. The van der Waals surface area contributed by atoms with E-state index < -0.39 is 23.9 Å². The van der Waals surface area contributed by atoms with Crippen LogP contribution in [0.3, 0.4) is 0 Å². The third-order valence-electron chi connectivity index (χ3n) is 7.42. The first-order chi connectivity index (χ1) is 20.2. The molecule has 2 aliphatic heterocycles. The Morgan fingerprint density at radius 3 is 2.81 bits per heavy atom. The molecule has 9 nitrogen and oxygen atoms in total. The number of cyclic esters (lactones) is 1. The number of hydrogen-bond donors (Lipinski definition) is 3. The Labute approximate surface area is 247 Å². The molecule has 2 aliphatic rings. The zero-order valence-electron chi connectivity index (χ0n) is 23.0. The Morgan fingerprint density at radius 2 is 1.98 bits per heavy atom. The summed E-state index contributed by atoms with van der Waals surface area (Å²) >= 11 is 5.97. The van der Waals surface area contributed by atoms with Gasteiger partial charge in [0, 0.05) is 37.5 Å². The van der Waals surface area contributed by atoms with E-state index in [-0.39, 0.29) is 28.8 Å². The summed E-state index contributed by atoms with van der Waals surface area (Å²) in [6, 6.07) is 11.9. The Bertz CT molecular complexity index is 1560. The number of likely N-dealkylation sites (N-methyl/N-ethyl adjacent to an activating group) is 1. The molecule has 4 N–H and O–H groups in total. The molecule has 2 aromatic carbocycles. The lowest BCUT2D eigenvalue weighted by molar-refractivity contribution is -0.131. The van der Waals surface area contributed by atoms with Crippen molar-refractivity contribution in [1.82, 2.24) is 9.88 Å². The van der Waals surface area contributed by atoms with Gasteiger partial charge < -0.3 is 20.7 Å². The number of aromatic nitrogens is 1. The Hall–Kier alpha value is -4.44. The minimum Gasteiger partial charge on any atom is -0.441 e. The van der Waals surface area contributed by atoms with E-state index in [2.05, 4.69) is 15.6 Å². The predicted molar refractivity (Wildman–Crippen MR) is 160 cm³/mol. The van der Waals surface area contributed by atoms with E-state index >= 15 is 0 Å². The molecule has 0 saturated carbocycles. The number of nitrogens with zero attached hydrogens (tertiary/aromatic N) is 2. The number of hydrogen-bond acceptors (Lipinski definition) is 6. The van der Waals surface area contributed by atoms with Crippen molar-refractivity contribution < 1.29 is 23.5 Å². The van der Waals surface area contributed by atoms with Crippen LogP contribution in [0.1, 0.15) is 55.4 Å². The molecule has 0 spiro atoms. The van der Waals surface area contributed by atoms with Crippen LogP contribution in [-0.4, -0.2) is 41.4 Å². The molecule has 0 radical (unpaired) electrons. The van der Waals surface area contributed by atoms with Gasteiger partial charge in [-0.15, -0.1) is 0 Å². The second-order valence-electron chi connectivity index (χ2n) is 10.4. The van der Waals surface area contributed by atoms with E-state index in [0.29, 0.717) is 55.0 Å². The van der Waals surface area contributed by atoms with Gasteiger partial charge in [-0.25, -0.2) is 9.18 Å². The summed E-state index contributed by atoms with van der Waals surface area (Å²) in [6.45, 7) is 0.346. The maximum absolute atomic E-state index is 14.8. The Balaban J connectivity index is 1.35. The molecule has 2 unspecified atom stereocenters. The Kier molecular flexibility index (Phi) is 8.72. The number of halogens is 2. The molecule has 2 bridgehead atoms. The van der Waals surface area contributed by atoms with E-state index in [4.69, 9.17) is 22.1 Å². The van der Waals surface area contributed by atoms with Crippen molar-refractivity contribution in [1.29, 1.82) is 0 Å². The number of nitrogen functional groups attached to an aromatic ring is 1. The SMILES string of the molecule is CN(CCCC1OC(=O)Nc2ccc(Cl)c(F)c21)C(=O)C1C/C=C\CCC(=O)Nc2cc(N)ccc2-c2ccnc1c2. The fourth-order valence-electron chi connectivity index (χ4n) is 5.26. The molecular weight excluding hydrogens is 561 g/mol. The molecule has 42 heavy (non-hydrogen) atoms. The van der Waals surface area contributed by atoms with Crippen molar-refractivity contribution in [3.8, 4) is 11.1 Å². The van der Waals surface area contributed by atoms with Crippen LogP contribution in [0, 0.1) is 5.82 Å². The average Bonchev–Trinajstić information content (AvgIpc) is 2.96. The summed E-state index contributed by atoms with van der Waals surface area (Å²) in [5, 5.41) is 5.39. The second-order valence-corrected chi connectivity index (χ2v) is 10.8. The predicted octanol–water partition coefficient (Wildman–Crippen LogP) is 6.43. The quantitative estimate of drug-likeness (QED) is 0.232. The van der Waals surface area contributed by atoms with Gasteiger partial charge in [0.2, 0.25) is 11.8 Å². The zero-order chi connectivity index (χ0) is 29.8. The van der Waals surface area contributed by atoms with Gasteiger partial charge in [-0.1, -0.05) is 29.8 Å². The third-order valence-corrected chi connectivity index (χ3v) is 7.71. The maximum atomic E-state index is 14.8. The van der Waals surface area contributed by atoms with Crippen molar-refractivity contribution in [2.24, 2.45) is 0 Å². The first-order valence-corrected chi connectivity index (χ1v) is 14.1. The van der Waals surface area contributed by atoms with Gasteiger partial charge in [0.1, 0.15) is 6.10 Å². The summed E-state index contributed by atoms with van der Waals surface area (Å²) < 4.78 is 20.2. The van der Waals surface area contributed by atoms with Crippen molar-refractivity contribution in [2.75, 3.05) is 30.0 Å². The summed E-state index contributed by atoms with van der Waals surface area (Å²) in [5.74, 6) is -1.47. The highest BCUT2D eigenvalue weighted by Crippen LogP contribution is 2.38. The first kappa shape index (κ1) is 29.1. The molecule has 3 heterocycles. The minimum absolute atomic E-state index is 0.0574. The fraction of sp³-hybridized carbons (Fsp3) is 0.290. The third kappa shape index (κ3) is 6.38. The van der Waals surface area contributed by atoms with E-state index in [1.165, 1.54) is 6.07 Å². The number of carbonyl (C=O) groups is 3. The van der Waals surface area contributed by atoms with E-state index in [0.717, 1.165) is 11.1 Å². The van der Waals surface area contributed by atoms with Gasteiger partial charge >= 0.3 is 6.09 Å². The van der Waals surface area contributed by atoms with Gasteiger partial charge in [-0.2, -0.15) is 0 Å². The summed E-state index contributed by atoms with van der Waals surface area (Å²) in [7, 11) is 1.71. The molecule has 1 aromatic heterocycles. The topological polar surface area (TPSA) is 127 Å². The highest BCUT2D eigenvalue weighted by Gasteiger charge is 2.31. The molecule has 2 atom stereocenters. The van der Waals surface area contributed by atoms with Crippen LogP contribution in [0.2, 0.25) is 5.02 Å². The number of allylic oxidation sites excluding steroid dienone is 2. The maximum Gasteiger partial charge on any atom is 0.412 e. The van der Waals surface area contributed by atoms with E-state index in [9.17, 15) is 18.8 Å². The van der Waals surface area contributed by atoms with Crippen LogP contribution in [0.5, 0.6) is 0 Å². The largest absolute Gasteiger partial charge is 0.441 e. The molecule has 218 valence electrons. The fourth-order valence-corrected chi connectivity index (χ4v) is 5.42. The van der Waals surface area contributed by atoms with Crippen molar-refractivity contribution in [3.63, 3.8) is 0 Å². The van der Waals surface area contributed by atoms with Crippen molar-refractivity contribution >= 4 is 46.6 Å². The second kappa shape index (κ2) is 12.6. The molecule has 0 fully saturated rings. The average molecular weight is 592 g/mol. The number of nitrogens with two attached hydrogens (primary N) is 1. The van der Waals surface area contributed by atoms with Crippen LogP contribution < -0.4 is 16.4 Å². The number of pyridine rings is 1. The Morgan fingerprint density at radius 1 is 1.14 bits per heavy atom.